The van der Waals surface area contributed by atoms with Crippen molar-refractivity contribution in [1.29, 1.82) is 0 Å². The fourth-order valence-electron chi connectivity index (χ4n) is 1.89. The third-order valence-electron chi connectivity index (χ3n) is 2.94. The van der Waals surface area contributed by atoms with Crippen molar-refractivity contribution in [2.24, 2.45) is 5.73 Å². The number of rotatable bonds is 4. The molecule has 0 spiro atoms. The van der Waals surface area contributed by atoms with Crippen molar-refractivity contribution < 1.29 is 13.2 Å². The minimum atomic E-state index is -4.40. The highest BCUT2D eigenvalue weighted by molar-refractivity contribution is 7.07. The van der Waals surface area contributed by atoms with Crippen molar-refractivity contribution in [3.05, 3.63) is 45.9 Å². The van der Waals surface area contributed by atoms with Crippen LogP contribution in [0.2, 0.25) is 0 Å². The molecule has 0 bridgehead atoms. The first-order valence-corrected chi connectivity index (χ1v) is 6.84. The third kappa shape index (κ3) is 3.29. The highest BCUT2D eigenvalue weighted by Gasteiger charge is 2.33. The number of benzene rings is 1. The first-order chi connectivity index (χ1) is 9.41. The van der Waals surface area contributed by atoms with E-state index in [1.807, 2.05) is 5.38 Å². The van der Waals surface area contributed by atoms with Crippen LogP contribution < -0.4 is 10.6 Å². The van der Waals surface area contributed by atoms with Gasteiger partial charge in [0.1, 0.15) is 0 Å². The topological polar surface area (TPSA) is 42.2 Å². The molecule has 2 N–H and O–H groups in total. The lowest BCUT2D eigenvalue weighted by Crippen LogP contribution is -2.19. The van der Waals surface area contributed by atoms with Crippen molar-refractivity contribution in [2.75, 3.05) is 11.9 Å². The van der Waals surface area contributed by atoms with Gasteiger partial charge < -0.3 is 10.6 Å². The normalized spacial score (nSPS) is 11.7. The lowest BCUT2D eigenvalue weighted by atomic mass is 10.1. The number of hydrogen-bond donors (Lipinski definition) is 1. The molecule has 0 saturated carbocycles. The van der Waals surface area contributed by atoms with Crippen LogP contribution in [-0.2, 0) is 19.3 Å². The Morgan fingerprint density at radius 2 is 2.10 bits per heavy atom. The summed E-state index contributed by atoms with van der Waals surface area (Å²) in [4.78, 5) is 5.85. The molecule has 0 aliphatic carbocycles. The zero-order chi connectivity index (χ0) is 14.8. The second kappa shape index (κ2) is 5.80. The molecular weight excluding hydrogens is 287 g/mol. The number of anilines is 1. The highest BCUT2D eigenvalue weighted by atomic mass is 32.1. The summed E-state index contributed by atoms with van der Waals surface area (Å²) < 4.78 is 38.9. The molecule has 20 heavy (non-hydrogen) atoms. The Hall–Kier alpha value is -1.60. The van der Waals surface area contributed by atoms with Crippen LogP contribution in [0.15, 0.2) is 29.1 Å². The summed E-state index contributed by atoms with van der Waals surface area (Å²) >= 11 is 1.46. The number of hydrogen-bond acceptors (Lipinski definition) is 4. The van der Waals surface area contributed by atoms with Gasteiger partial charge in [0.2, 0.25) is 0 Å². The molecule has 0 atom stereocenters. The smallest absolute Gasteiger partial charge is 0.369 e. The molecule has 0 fully saturated rings. The molecule has 0 aliphatic rings. The van der Waals surface area contributed by atoms with Gasteiger partial charge in [-0.2, -0.15) is 13.2 Å². The number of nitrogens with zero attached hydrogens (tertiary/aromatic N) is 2. The highest BCUT2D eigenvalue weighted by Crippen LogP contribution is 2.34. The monoisotopic (exact) mass is 301 g/mol. The molecule has 0 unspecified atom stereocenters. The first kappa shape index (κ1) is 14.8. The summed E-state index contributed by atoms with van der Waals surface area (Å²) in [5.74, 6) is 0. The minimum Gasteiger partial charge on any atom is -0.369 e. The van der Waals surface area contributed by atoms with Crippen molar-refractivity contribution in [2.45, 2.75) is 19.3 Å². The van der Waals surface area contributed by atoms with Gasteiger partial charge in [-0.05, 0) is 17.7 Å². The van der Waals surface area contributed by atoms with E-state index in [4.69, 9.17) is 5.73 Å². The average Bonchev–Trinajstić information content (AvgIpc) is 2.89. The van der Waals surface area contributed by atoms with Gasteiger partial charge in [-0.3, -0.25) is 0 Å². The summed E-state index contributed by atoms with van der Waals surface area (Å²) in [6.07, 6.45) is -4.40. The zero-order valence-electron chi connectivity index (χ0n) is 10.8. The van der Waals surface area contributed by atoms with Gasteiger partial charge in [-0.1, -0.05) is 6.07 Å². The van der Waals surface area contributed by atoms with E-state index >= 15 is 0 Å². The van der Waals surface area contributed by atoms with E-state index in [0.29, 0.717) is 12.2 Å². The number of alkyl halides is 3. The molecule has 0 saturated heterocycles. The number of halogens is 3. The Morgan fingerprint density at radius 1 is 1.35 bits per heavy atom. The number of aromatic nitrogens is 1. The van der Waals surface area contributed by atoms with Crippen LogP contribution in [0.3, 0.4) is 0 Å². The van der Waals surface area contributed by atoms with Crippen LogP contribution in [0.4, 0.5) is 18.9 Å². The Balaban J connectivity index is 2.28. The zero-order valence-corrected chi connectivity index (χ0v) is 11.6. The van der Waals surface area contributed by atoms with Gasteiger partial charge in [0.25, 0.3) is 0 Å². The number of nitrogens with two attached hydrogens (primary N) is 1. The molecule has 0 radical (unpaired) electrons. The molecule has 1 aromatic heterocycles. The van der Waals surface area contributed by atoms with E-state index in [1.165, 1.54) is 17.4 Å². The van der Waals surface area contributed by atoms with Crippen molar-refractivity contribution in [1.82, 2.24) is 4.98 Å². The predicted octanol–water partition coefficient (Wildman–Crippen LogP) is 3.26. The van der Waals surface area contributed by atoms with Gasteiger partial charge in [0.05, 0.1) is 23.3 Å². The molecule has 3 nitrogen and oxygen atoms in total. The van der Waals surface area contributed by atoms with Gasteiger partial charge in [-0.25, -0.2) is 4.98 Å². The van der Waals surface area contributed by atoms with Crippen molar-refractivity contribution >= 4 is 17.0 Å². The van der Waals surface area contributed by atoms with E-state index in [-0.39, 0.29) is 12.1 Å². The SMILES string of the molecule is CN(Cc1cscn1)c1ccc(CN)c(C(F)(F)F)c1. The predicted molar refractivity (Wildman–Crippen MR) is 73.6 cm³/mol. The Kier molecular flexibility index (Phi) is 4.29. The standard InChI is InChI=1S/C13H14F3N3S/c1-19(6-10-7-20-8-18-10)11-3-2-9(5-17)12(4-11)13(14,15)16/h2-4,7-8H,5-6,17H2,1H3. The summed E-state index contributed by atoms with van der Waals surface area (Å²) in [5, 5.41) is 1.87. The second-order valence-corrected chi connectivity index (χ2v) is 5.10. The minimum absolute atomic E-state index is 0.100. The van der Waals surface area contributed by atoms with Gasteiger partial charge in [-0.15, -0.1) is 11.3 Å². The summed E-state index contributed by atoms with van der Waals surface area (Å²) in [6.45, 7) is 0.327. The molecule has 7 heteroatoms. The molecular formula is C13H14F3N3S. The van der Waals surface area contributed by atoms with E-state index in [2.05, 4.69) is 4.98 Å². The molecule has 1 heterocycles. The molecule has 0 aliphatic heterocycles. The van der Waals surface area contributed by atoms with E-state index in [9.17, 15) is 13.2 Å². The van der Waals surface area contributed by atoms with Crippen LogP contribution in [0.25, 0.3) is 0 Å². The molecule has 108 valence electrons. The number of thiazole rings is 1. The van der Waals surface area contributed by atoms with Crippen LogP contribution in [0.1, 0.15) is 16.8 Å². The van der Waals surface area contributed by atoms with Gasteiger partial charge >= 0.3 is 6.18 Å². The molecule has 2 aromatic rings. The molecule has 2 rings (SSSR count). The Labute approximate surface area is 118 Å². The maximum Gasteiger partial charge on any atom is 0.416 e. The van der Waals surface area contributed by atoms with Crippen LogP contribution >= 0.6 is 11.3 Å². The third-order valence-corrected chi connectivity index (χ3v) is 3.58. The quantitative estimate of drug-likeness (QED) is 0.942. The van der Waals surface area contributed by atoms with Crippen LogP contribution in [0, 0.1) is 0 Å². The lowest BCUT2D eigenvalue weighted by Gasteiger charge is -2.21. The van der Waals surface area contributed by atoms with Crippen LogP contribution in [0.5, 0.6) is 0 Å². The fraction of sp³-hybridized carbons (Fsp3) is 0.308. The average molecular weight is 301 g/mol. The fourth-order valence-corrected chi connectivity index (χ4v) is 2.44. The van der Waals surface area contributed by atoms with E-state index in [1.54, 1.807) is 23.5 Å². The van der Waals surface area contributed by atoms with E-state index < -0.39 is 11.7 Å². The van der Waals surface area contributed by atoms with Gasteiger partial charge in [0, 0.05) is 24.7 Å². The molecule has 1 aromatic carbocycles. The maximum atomic E-state index is 13.0. The lowest BCUT2D eigenvalue weighted by molar-refractivity contribution is -0.138. The first-order valence-electron chi connectivity index (χ1n) is 5.90. The van der Waals surface area contributed by atoms with E-state index in [0.717, 1.165) is 11.8 Å². The summed E-state index contributed by atoms with van der Waals surface area (Å²) in [6, 6.07) is 4.20. The van der Waals surface area contributed by atoms with Crippen molar-refractivity contribution in [3.63, 3.8) is 0 Å². The summed E-state index contributed by atoms with van der Waals surface area (Å²) in [7, 11) is 1.73. The second-order valence-electron chi connectivity index (χ2n) is 4.38. The maximum absolute atomic E-state index is 13.0. The largest absolute Gasteiger partial charge is 0.416 e. The summed E-state index contributed by atoms with van der Waals surface area (Å²) in [5.41, 5.74) is 7.80. The Morgan fingerprint density at radius 3 is 2.65 bits per heavy atom. The van der Waals surface area contributed by atoms with Gasteiger partial charge in [0.15, 0.2) is 0 Å². The van der Waals surface area contributed by atoms with Crippen LogP contribution in [-0.4, -0.2) is 12.0 Å². The van der Waals surface area contributed by atoms with Crippen molar-refractivity contribution in [3.8, 4) is 0 Å². The molecule has 0 amide bonds. The Bertz CT molecular complexity index is 567.